The third-order valence-electron chi connectivity index (χ3n) is 4.87. The van der Waals surface area contributed by atoms with Gasteiger partial charge in [0.2, 0.25) is 0 Å². The van der Waals surface area contributed by atoms with Gasteiger partial charge in [0, 0.05) is 25.2 Å². The van der Waals surface area contributed by atoms with Gasteiger partial charge in [-0.05, 0) is 50.3 Å². The van der Waals surface area contributed by atoms with Crippen LogP contribution in [0.3, 0.4) is 0 Å². The van der Waals surface area contributed by atoms with Gasteiger partial charge in [0.05, 0.1) is 6.04 Å². The largest absolute Gasteiger partial charge is 0.573 e. The monoisotopic (exact) mass is 371 g/mol. The first kappa shape index (κ1) is 18.8. The molecule has 0 spiro atoms. The minimum Gasteiger partial charge on any atom is -0.406 e. The molecule has 1 unspecified atom stereocenters. The fourth-order valence-corrected chi connectivity index (χ4v) is 3.34. The second-order valence-corrected chi connectivity index (χ2v) is 7.00. The molecule has 26 heavy (non-hydrogen) atoms. The Kier molecular flexibility index (Phi) is 5.60. The molecule has 1 heterocycles. The molecule has 1 aromatic rings. The lowest BCUT2D eigenvalue weighted by atomic mass is 10.0. The molecule has 1 aromatic carbocycles. The Morgan fingerprint density at radius 3 is 2.54 bits per heavy atom. The van der Waals surface area contributed by atoms with E-state index in [-0.39, 0.29) is 17.8 Å². The highest BCUT2D eigenvalue weighted by Crippen LogP contribution is 2.29. The van der Waals surface area contributed by atoms with Gasteiger partial charge in [0.15, 0.2) is 0 Å². The maximum Gasteiger partial charge on any atom is 0.573 e. The molecule has 0 aromatic heterocycles. The van der Waals surface area contributed by atoms with Gasteiger partial charge in [-0.1, -0.05) is 12.1 Å². The first-order chi connectivity index (χ1) is 12.3. The summed E-state index contributed by atoms with van der Waals surface area (Å²) in [4.78, 5) is 14.7. The van der Waals surface area contributed by atoms with Gasteiger partial charge in [0.1, 0.15) is 5.75 Å². The number of halogens is 3. The summed E-state index contributed by atoms with van der Waals surface area (Å²) in [6, 6.07) is 5.79. The average Bonchev–Trinajstić information content (AvgIpc) is 3.39. The number of likely N-dealkylation sites (tertiary alicyclic amines) is 1. The summed E-state index contributed by atoms with van der Waals surface area (Å²) in [5.41, 5.74) is 0.547. The predicted octanol–water partition coefficient (Wildman–Crippen LogP) is 3.57. The fraction of sp³-hybridized carbons (Fsp3) is 0.611. The van der Waals surface area contributed by atoms with Gasteiger partial charge in [-0.2, -0.15) is 0 Å². The molecule has 1 atom stereocenters. The van der Waals surface area contributed by atoms with Crippen LogP contribution in [0.4, 0.5) is 18.0 Å². The molecule has 0 radical (unpaired) electrons. The minimum atomic E-state index is -4.73. The normalized spacial score (nSPS) is 20.5. The van der Waals surface area contributed by atoms with E-state index in [1.54, 1.807) is 13.0 Å². The molecule has 5 nitrogen and oxygen atoms in total. The molecule has 144 valence electrons. The lowest BCUT2D eigenvalue weighted by Crippen LogP contribution is -2.48. The third-order valence-corrected chi connectivity index (χ3v) is 4.87. The molecule has 2 fully saturated rings. The molecule has 2 aliphatic rings. The lowest BCUT2D eigenvalue weighted by Gasteiger charge is -2.32. The highest BCUT2D eigenvalue weighted by Gasteiger charge is 2.32. The zero-order chi connectivity index (χ0) is 18.7. The van der Waals surface area contributed by atoms with Crippen molar-refractivity contribution < 1.29 is 22.7 Å². The zero-order valence-corrected chi connectivity index (χ0v) is 14.7. The smallest absolute Gasteiger partial charge is 0.406 e. The van der Waals surface area contributed by atoms with Crippen molar-refractivity contribution in [2.24, 2.45) is 0 Å². The molecule has 2 N–H and O–H groups in total. The quantitative estimate of drug-likeness (QED) is 0.832. The number of urea groups is 1. The standard InChI is InChI=1S/C18H24F3N3O2/c1-12(13-3-2-4-16(11-13)26-18(19,20)21)22-17(25)23-14-7-9-24(10-8-14)15-5-6-15/h2-4,11-12,14-15H,5-10H2,1H3,(H2,22,23,25). The van der Waals surface area contributed by atoms with Gasteiger partial charge in [0.25, 0.3) is 0 Å². The highest BCUT2D eigenvalue weighted by molar-refractivity contribution is 5.74. The first-order valence-electron chi connectivity index (χ1n) is 8.97. The molecule has 1 aliphatic carbocycles. The number of benzene rings is 1. The summed E-state index contributed by atoms with van der Waals surface area (Å²) in [5.74, 6) is -0.295. The van der Waals surface area contributed by atoms with E-state index < -0.39 is 12.4 Å². The van der Waals surface area contributed by atoms with Crippen LogP contribution < -0.4 is 15.4 Å². The van der Waals surface area contributed by atoms with Crippen LogP contribution in [-0.4, -0.2) is 42.5 Å². The molecule has 1 saturated carbocycles. The molecule has 1 aliphatic heterocycles. The van der Waals surface area contributed by atoms with E-state index in [0.717, 1.165) is 32.0 Å². The Balaban J connectivity index is 1.47. The van der Waals surface area contributed by atoms with Crippen molar-refractivity contribution in [3.05, 3.63) is 29.8 Å². The molecule has 3 rings (SSSR count). The van der Waals surface area contributed by atoms with E-state index in [9.17, 15) is 18.0 Å². The van der Waals surface area contributed by atoms with Gasteiger partial charge in [-0.3, -0.25) is 0 Å². The molecular weight excluding hydrogens is 347 g/mol. The Bertz CT molecular complexity index is 626. The topological polar surface area (TPSA) is 53.6 Å². The second kappa shape index (κ2) is 7.73. The molecule has 1 saturated heterocycles. The van der Waals surface area contributed by atoms with Crippen LogP contribution in [-0.2, 0) is 0 Å². The number of hydrogen-bond donors (Lipinski definition) is 2. The van der Waals surface area contributed by atoms with E-state index in [4.69, 9.17) is 0 Å². The van der Waals surface area contributed by atoms with E-state index >= 15 is 0 Å². The maximum atomic E-state index is 12.3. The number of carbonyl (C=O) groups excluding carboxylic acids is 1. The Hall–Kier alpha value is -1.96. The fourth-order valence-electron chi connectivity index (χ4n) is 3.34. The van der Waals surface area contributed by atoms with Gasteiger partial charge in [-0.25, -0.2) is 4.79 Å². The lowest BCUT2D eigenvalue weighted by molar-refractivity contribution is -0.274. The number of hydrogen-bond acceptors (Lipinski definition) is 3. The van der Waals surface area contributed by atoms with E-state index in [1.807, 2.05) is 0 Å². The summed E-state index contributed by atoms with van der Waals surface area (Å²) < 4.78 is 40.9. The number of piperidine rings is 1. The van der Waals surface area contributed by atoms with Crippen molar-refractivity contribution in [3.8, 4) is 5.75 Å². The number of rotatable bonds is 5. The van der Waals surface area contributed by atoms with E-state index in [0.29, 0.717) is 5.56 Å². The SMILES string of the molecule is CC(NC(=O)NC1CCN(C2CC2)CC1)c1cccc(OC(F)(F)F)c1. The Morgan fingerprint density at radius 2 is 1.92 bits per heavy atom. The number of carbonyl (C=O) groups is 1. The van der Waals surface area contributed by atoms with Crippen molar-refractivity contribution in [1.29, 1.82) is 0 Å². The van der Waals surface area contributed by atoms with Gasteiger partial charge in [-0.15, -0.1) is 13.2 Å². The van der Waals surface area contributed by atoms with Crippen molar-refractivity contribution >= 4 is 6.03 Å². The number of alkyl halides is 3. The molecule has 2 amide bonds. The number of amides is 2. The van der Waals surface area contributed by atoms with Gasteiger partial charge < -0.3 is 20.3 Å². The van der Waals surface area contributed by atoms with Crippen LogP contribution in [0.1, 0.15) is 44.2 Å². The van der Waals surface area contributed by atoms with Crippen LogP contribution in [0.25, 0.3) is 0 Å². The average molecular weight is 371 g/mol. The maximum absolute atomic E-state index is 12.3. The summed E-state index contributed by atoms with van der Waals surface area (Å²) >= 11 is 0. The first-order valence-corrected chi connectivity index (χ1v) is 8.97. The number of nitrogens with zero attached hydrogens (tertiary/aromatic N) is 1. The van der Waals surface area contributed by atoms with Crippen LogP contribution >= 0.6 is 0 Å². The van der Waals surface area contributed by atoms with Crippen LogP contribution in [0.2, 0.25) is 0 Å². The summed E-state index contributed by atoms with van der Waals surface area (Å²) in [5, 5.41) is 5.74. The summed E-state index contributed by atoms with van der Waals surface area (Å²) in [6.45, 7) is 3.73. The zero-order valence-electron chi connectivity index (χ0n) is 14.7. The van der Waals surface area contributed by atoms with Crippen LogP contribution in [0, 0.1) is 0 Å². The number of nitrogens with one attached hydrogen (secondary N) is 2. The second-order valence-electron chi connectivity index (χ2n) is 7.00. The molecular formula is C18H24F3N3O2. The van der Waals surface area contributed by atoms with Crippen molar-refractivity contribution in [1.82, 2.24) is 15.5 Å². The molecule has 0 bridgehead atoms. The minimum absolute atomic E-state index is 0.136. The van der Waals surface area contributed by atoms with Crippen LogP contribution in [0.5, 0.6) is 5.75 Å². The van der Waals surface area contributed by atoms with Crippen LogP contribution in [0.15, 0.2) is 24.3 Å². The predicted molar refractivity (Wildman–Crippen MR) is 90.8 cm³/mol. The van der Waals surface area contributed by atoms with E-state index in [2.05, 4.69) is 20.3 Å². The summed E-state index contributed by atoms with van der Waals surface area (Å²) in [6.07, 6.45) is -0.317. The third kappa shape index (κ3) is 5.52. The van der Waals surface area contributed by atoms with Crippen molar-refractivity contribution in [3.63, 3.8) is 0 Å². The Morgan fingerprint density at radius 1 is 1.23 bits per heavy atom. The Labute approximate surface area is 150 Å². The van der Waals surface area contributed by atoms with Gasteiger partial charge >= 0.3 is 12.4 Å². The van der Waals surface area contributed by atoms with Crippen molar-refractivity contribution in [2.45, 2.75) is 57.1 Å². The van der Waals surface area contributed by atoms with Crippen molar-refractivity contribution in [2.75, 3.05) is 13.1 Å². The van der Waals surface area contributed by atoms with E-state index in [1.165, 1.54) is 31.0 Å². The summed E-state index contributed by atoms with van der Waals surface area (Å²) in [7, 11) is 0. The molecule has 8 heteroatoms. The highest BCUT2D eigenvalue weighted by atomic mass is 19.4. The number of ether oxygens (including phenoxy) is 1.